The monoisotopic (exact) mass is 393 g/mol. The molecule has 0 aliphatic carbocycles. The van der Waals surface area contributed by atoms with E-state index in [0.29, 0.717) is 35.4 Å². The number of ether oxygens (including phenoxy) is 1. The first-order valence-corrected chi connectivity index (χ1v) is 8.74. The number of hydrazone groups is 1. The Morgan fingerprint density at radius 3 is 2.66 bits per heavy atom. The highest BCUT2D eigenvalue weighted by Gasteiger charge is 2.23. The zero-order chi connectivity index (χ0) is 20.4. The Hall–Kier alpha value is -4.01. The zero-order valence-electron chi connectivity index (χ0n) is 15.1. The van der Waals surface area contributed by atoms with E-state index in [1.54, 1.807) is 24.3 Å². The predicted octanol–water partition coefficient (Wildman–Crippen LogP) is 2.69. The third-order valence-corrected chi connectivity index (χ3v) is 4.48. The molecule has 0 bridgehead atoms. The van der Waals surface area contributed by atoms with Gasteiger partial charge in [0.15, 0.2) is 0 Å². The molecule has 1 saturated heterocycles. The fourth-order valence-electron chi connectivity index (χ4n) is 3.02. The minimum Gasteiger partial charge on any atom is -0.447 e. The largest absolute Gasteiger partial charge is 0.447 e. The van der Waals surface area contributed by atoms with Gasteiger partial charge in [0.05, 0.1) is 24.0 Å². The number of halogens is 1. The molecule has 3 N–H and O–H groups in total. The molecule has 0 spiro atoms. The van der Waals surface area contributed by atoms with E-state index < -0.39 is 11.4 Å². The molecule has 1 aliphatic heterocycles. The number of anilines is 1. The van der Waals surface area contributed by atoms with Gasteiger partial charge in [0.1, 0.15) is 18.1 Å². The minimum atomic E-state index is -0.419. The molecule has 2 aromatic carbocycles. The smallest absolute Gasteiger partial charge is 0.414 e. The van der Waals surface area contributed by atoms with Gasteiger partial charge in [0, 0.05) is 16.6 Å². The summed E-state index contributed by atoms with van der Waals surface area (Å²) >= 11 is 0. The van der Waals surface area contributed by atoms with Gasteiger partial charge in [-0.25, -0.2) is 9.18 Å². The lowest BCUT2D eigenvalue weighted by Gasteiger charge is -2.12. The van der Waals surface area contributed by atoms with Gasteiger partial charge in [-0.2, -0.15) is 5.10 Å². The summed E-state index contributed by atoms with van der Waals surface area (Å²) in [6, 6.07) is 12.5. The van der Waals surface area contributed by atoms with Crippen molar-refractivity contribution in [2.24, 2.45) is 15.9 Å². The molecule has 146 valence electrons. The fourth-order valence-corrected chi connectivity index (χ4v) is 3.02. The summed E-state index contributed by atoms with van der Waals surface area (Å²) < 4.78 is 18.4. The van der Waals surface area contributed by atoms with Crippen LogP contribution in [0.25, 0.3) is 10.9 Å². The van der Waals surface area contributed by atoms with Crippen LogP contribution < -0.4 is 16.3 Å². The van der Waals surface area contributed by atoms with Gasteiger partial charge >= 0.3 is 6.09 Å². The Labute approximate surface area is 164 Å². The third kappa shape index (κ3) is 3.70. The topological polar surface area (TPSA) is 113 Å². The van der Waals surface area contributed by atoms with Crippen molar-refractivity contribution in [3.63, 3.8) is 0 Å². The number of pyridine rings is 1. The second kappa shape index (κ2) is 7.55. The number of nitrogens with one attached hydrogen (secondary N) is 1. The standard InChI is InChI=1S/C20H16FN5O3/c21-13-1-6-17-12(9-13)10-16(19(27)24-17)18(25-22)11-23-14-2-4-15(5-3-14)26-7-8-29-20(26)28/h1-6,9-11H,7-8,22H2,(H,24,27). The van der Waals surface area contributed by atoms with E-state index in [2.05, 4.69) is 15.1 Å². The number of amides is 1. The Kier molecular flexibility index (Phi) is 4.78. The number of carbonyl (C=O) groups is 1. The average molecular weight is 393 g/mol. The van der Waals surface area contributed by atoms with Crippen molar-refractivity contribution >= 4 is 40.3 Å². The number of hydrogen-bond donors (Lipinski definition) is 2. The molecule has 8 nitrogen and oxygen atoms in total. The highest BCUT2D eigenvalue weighted by atomic mass is 19.1. The molecule has 1 aromatic heterocycles. The van der Waals surface area contributed by atoms with Crippen LogP contribution in [0, 0.1) is 5.82 Å². The van der Waals surface area contributed by atoms with Gasteiger partial charge in [-0.05, 0) is 48.5 Å². The Balaban J connectivity index is 1.60. The van der Waals surface area contributed by atoms with Crippen LogP contribution in [-0.2, 0) is 4.74 Å². The number of hydrogen-bond acceptors (Lipinski definition) is 6. The second-order valence-corrected chi connectivity index (χ2v) is 6.30. The second-order valence-electron chi connectivity index (χ2n) is 6.30. The van der Waals surface area contributed by atoms with E-state index in [4.69, 9.17) is 10.6 Å². The van der Waals surface area contributed by atoms with Crippen molar-refractivity contribution in [1.29, 1.82) is 0 Å². The molecule has 0 atom stereocenters. The summed E-state index contributed by atoms with van der Waals surface area (Å²) in [6.07, 6.45) is 0.972. The van der Waals surface area contributed by atoms with Crippen LogP contribution in [0.15, 0.2) is 63.4 Å². The van der Waals surface area contributed by atoms with Gasteiger partial charge < -0.3 is 15.6 Å². The fraction of sp³-hybridized carbons (Fsp3) is 0.100. The number of nitrogens with zero attached hydrogens (tertiary/aromatic N) is 3. The number of carbonyl (C=O) groups excluding carboxylic acids is 1. The lowest BCUT2D eigenvalue weighted by atomic mass is 10.1. The molecule has 4 rings (SSSR count). The molecule has 3 aromatic rings. The van der Waals surface area contributed by atoms with E-state index in [9.17, 15) is 14.0 Å². The van der Waals surface area contributed by atoms with Crippen molar-refractivity contribution in [3.8, 4) is 0 Å². The van der Waals surface area contributed by atoms with Crippen LogP contribution >= 0.6 is 0 Å². The Morgan fingerprint density at radius 1 is 1.17 bits per heavy atom. The SMILES string of the molecule is NN=C(C=Nc1ccc(N2CCOC2=O)cc1)c1cc2cc(F)ccc2[nH]c1=O. The number of rotatable bonds is 4. The lowest BCUT2D eigenvalue weighted by molar-refractivity contribution is 0.181. The summed E-state index contributed by atoms with van der Waals surface area (Å²) in [6.45, 7) is 0.857. The molecule has 9 heteroatoms. The average Bonchev–Trinajstić information content (AvgIpc) is 3.15. The first kappa shape index (κ1) is 18.4. The maximum Gasteiger partial charge on any atom is 0.414 e. The lowest BCUT2D eigenvalue weighted by Crippen LogP contribution is -2.22. The number of H-pyrrole nitrogens is 1. The Morgan fingerprint density at radius 2 is 1.97 bits per heavy atom. The van der Waals surface area contributed by atoms with Gasteiger partial charge in [0.25, 0.3) is 5.56 Å². The first-order chi connectivity index (χ1) is 14.0. The number of cyclic esters (lactones) is 1. The number of nitrogens with two attached hydrogens (primary N) is 1. The van der Waals surface area contributed by atoms with Crippen molar-refractivity contribution in [3.05, 3.63) is 70.3 Å². The predicted molar refractivity (Wildman–Crippen MR) is 109 cm³/mol. The van der Waals surface area contributed by atoms with Crippen LogP contribution in [0.3, 0.4) is 0 Å². The summed E-state index contributed by atoms with van der Waals surface area (Å²) in [7, 11) is 0. The van der Waals surface area contributed by atoms with Gasteiger partial charge in [0.2, 0.25) is 0 Å². The zero-order valence-corrected chi connectivity index (χ0v) is 15.1. The van der Waals surface area contributed by atoms with Crippen molar-refractivity contribution in [1.82, 2.24) is 4.98 Å². The van der Waals surface area contributed by atoms with E-state index in [1.807, 2.05) is 0 Å². The van der Waals surface area contributed by atoms with E-state index in [0.717, 1.165) is 0 Å². The summed E-state index contributed by atoms with van der Waals surface area (Å²) in [5.74, 6) is 5.03. The maximum absolute atomic E-state index is 13.5. The van der Waals surface area contributed by atoms with E-state index in [1.165, 1.54) is 35.4 Å². The maximum atomic E-state index is 13.5. The summed E-state index contributed by atoms with van der Waals surface area (Å²) in [5.41, 5.74) is 1.68. The van der Waals surface area contributed by atoms with Crippen LogP contribution in [0.2, 0.25) is 0 Å². The molecule has 0 saturated carbocycles. The quantitative estimate of drug-likeness (QED) is 0.403. The van der Waals surface area contributed by atoms with Crippen molar-refractivity contribution in [2.75, 3.05) is 18.1 Å². The van der Waals surface area contributed by atoms with Gasteiger partial charge in [-0.1, -0.05) is 0 Å². The summed E-state index contributed by atoms with van der Waals surface area (Å²) in [5, 5.41) is 4.15. The first-order valence-electron chi connectivity index (χ1n) is 8.74. The number of aliphatic imine (C=N–C) groups is 1. The molecule has 2 heterocycles. The summed E-state index contributed by atoms with van der Waals surface area (Å²) in [4.78, 5) is 32.4. The van der Waals surface area contributed by atoms with Gasteiger partial charge in [-0.3, -0.25) is 14.7 Å². The Bertz CT molecular complexity index is 1200. The van der Waals surface area contributed by atoms with Crippen molar-refractivity contribution in [2.45, 2.75) is 0 Å². The molecule has 29 heavy (non-hydrogen) atoms. The number of aromatic amines is 1. The van der Waals surface area contributed by atoms with Gasteiger partial charge in [-0.15, -0.1) is 0 Å². The molecule has 0 radical (unpaired) electrons. The highest BCUT2D eigenvalue weighted by molar-refractivity contribution is 6.38. The van der Waals surface area contributed by atoms with E-state index >= 15 is 0 Å². The number of fused-ring (bicyclic) bond motifs is 1. The molecule has 1 aliphatic rings. The normalized spacial score (nSPS) is 14.7. The molecule has 1 fully saturated rings. The molecular formula is C20H16FN5O3. The van der Waals surface area contributed by atoms with Crippen LogP contribution in [0.4, 0.5) is 20.6 Å². The molecular weight excluding hydrogens is 377 g/mol. The number of aromatic nitrogens is 1. The third-order valence-electron chi connectivity index (χ3n) is 4.48. The molecule has 1 amide bonds. The van der Waals surface area contributed by atoms with Crippen LogP contribution in [0.1, 0.15) is 5.56 Å². The van der Waals surface area contributed by atoms with Crippen LogP contribution in [-0.4, -0.2) is 36.2 Å². The van der Waals surface area contributed by atoms with Crippen molar-refractivity contribution < 1.29 is 13.9 Å². The van der Waals surface area contributed by atoms with E-state index in [-0.39, 0.29) is 17.4 Å². The highest BCUT2D eigenvalue weighted by Crippen LogP contribution is 2.22. The van der Waals surface area contributed by atoms with Crippen LogP contribution in [0.5, 0.6) is 0 Å². The minimum absolute atomic E-state index is 0.143. The molecule has 0 unspecified atom stereocenters. The number of benzene rings is 2.